The van der Waals surface area contributed by atoms with Gasteiger partial charge >= 0.3 is 0 Å². The molecular weight excluding hydrogens is 593 g/mol. The zero-order valence-electron chi connectivity index (χ0n) is 25.1. The Kier molecular flexibility index (Phi) is 5.51. The van der Waals surface area contributed by atoms with E-state index in [9.17, 15) is 0 Å². The van der Waals surface area contributed by atoms with Crippen LogP contribution in [0, 0.1) is 6.57 Å². The van der Waals surface area contributed by atoms with Crippen LogP contribution in [0.3, 0.4) is 0 Å². The number of para-hydroxylation sites is 2. The van der Waals surface area contributed by atoms with Crippen LogP contribution in [-0.2, 0) is 0 Å². The van der Waals surface area contributed by atoms with Gasteiger partial charge in [0.25, 0.3) is 0 Å². The van der Waals surface area contributed by atoms with Crippen LogP contribution in [0.1, 0.15) is 0 Å². The number of hydrogen-bond acceptors (Lipinski definition) is 2. The Labute approximate surface area is 274 Å². The van der Waals surface area contributed by atoms with Crippen molar-refractivity contribution in [2.45, 2.75) is 0 Å². The van der Waals surface area contributed by atoms with Crippen molar-refractivity contribution in [1.29, 1.82) is 0 Å². The molecule has 3 heterocycles. The molecule has 0 atom stereocenters. The van der Waals surface area contributed by atoms with Crippen LogP contribution in [0.25, 0.3) is 96.7 Å². The zero-order chi connectivity index (χ0) is 31.1. The van der Waals surface area contributed by atoms with Gasteiger partial charge in [-0.25, -0.2) is 4.85 Å². The van der Waals surface area contributed by atoms with E-state index in [4.69, 9.17) is 11.0 Å². The maximum atomic E-state index is 8.10. The Bertz CT molecular complexity index is 2920. The summed E-state index contributed by atoms with van der Waals surface area (Å²) in [5, 5.41) is 6.92. The summed E-state index contributed by atoms with van der Waals surface area (Å²) >= 11 is 1.72. The monoisotopic (exact) mass is 616 g/mol. The number of furan rings is 1. The van der Waals surface area contributed by atoms with Gasteiger partial charge < -0.3 is 8.98 Å². The van der Waals surface area contributed by atoms with Gasteiger partial charge in [-0.2, -0.15) is 0 Å². The lowest BCUT2D eigenvalue weighted by atomic mass is 9.95. The van der Waals surface area contributed by atoms with E-state index in [1.165, 1.54) is 26.6 Å². The minimum absolute atomic E-state index is 0.676. The highest BCUT2D eigenvalue weighted by Gasteiger charge is 2.21. The van der Waals surface area contributed by atoms with Gasteiger partial charge in [-0.15, -0.1) is 11.3 Å². The minimum Gasteiger partial charge on any atom is -0.456 e. The number of aromatic nitrogens is 1. The maximum Gasteiger partial charge on any atom is 0.204 e. The van der Waals surface area contributed by atoms with Crippen LogP contribution in [0.15, 0.2) is 150 Å². The lowest BCUT2D eigenvalue weighted by Crippen LogP contribution is -1.93. The van der Waals surface area contributed by atoms with E-state index >= 15 is 0 Å². The molecule has 0 fully saturated rings. The van der Waals surface area contributed by atoms with Gasteiger partial charge in [-0.05, 0) is 64.0 Å². The van der Waals surface area contributed by atoms with Crippen LogP contribution < -0.4 is 0 Å². The highest BCUT2D eigenvalue weighted by atomic mass is 32.1. The van der Waals surface area contributed by atoms with Crippen molar-refractivity contribution in [2.24, 2.45) is 0 Å². The van der Waals surface area contributed by atoms with E-state index in [0.717, 1.165) is 65.3 Å². The Morgan fingerprint density at radius 3 is 2.13 bits per heavy atom. The van der Waals surface area contributed by atoms with Crippen molar-refractivity contribution < 1.29 is 4.42 Å². The average Bonchev–Trinajstić information content (AvgIpc) is 3.81. The standard InChI is InChI=1S/C43H24N2OS/c1-44-34-23-22-30(29-15-10-20-39-40(29)31-14-6-8-19-38(31)46-39)41-32-16-9-18-37(42(32)47-43(34)41)45-35-17-7-5-13-28(35)33-25-27(21-24-36(33)45)26-11-3-2-4-12-26/h2-25H. The molecule has 0 radical (unpaired) electrons. The number of nitrogens with zero attached hydrogens (tertiary/aromatic N) is 2. The van der Waals surface area contributed by atoms with Gasteiger partial charge in [0.05, 0.1) is 28.0 Å². The summed E-state index contributed by atoms with van der Waals surface area (Å²) in [5.41, 5.74) is 10.5. The topological polar surface area (TPSA) is 22.4 Å². The van der Waals surface area contributed by atoms with Gasteiger partial charge in [0.2, 0.25) is 5.69 Å². The molecule has 0 saturated heterocycles. The lowest BCUT2D eigenvalue weighted by Gasteiger charge is -2.11. The molecule has 10 rings (SSSR count). The summed E-state index contributed by atoms with van der Waals surface area (Å²) in [5.74, 6) is 0. The molecule has 0 aliphatic carbocycles. The van der Waals surface area contributed by atoms with E-state index in [1.54, 1.807) is 11.3 Å². The van der Waals surface area contributed by atoms with E-state index < -0.39 is 0 Å². The Morgan fingerprint density at radius 2 is 1.23 bits per heavy atom. The molecule has 4 heteroatoms. The van der Waals surface area contributed by atoms with E-state index in [1.807, 2.05) is 24.3 Å². The molecule has 0 aliphatic heterocycles. The molecule has 0 N–H and O–H groups in total. The normalized spacial score (nSPS) is 11.8. The van der Waals surface area contributed by atoms with Crippen molar-refractivity contribution >= 4 is 80.9 Å². The third-order valence-corrected chi connectivity index (χ3v) is 10.7. The number of benzene rings is 7. The fourth-order valence-electron chi connectivity index (χ4n) is 7.40. The van der Waals surface area contributed by atoms with Gasteiger partial charge in [-0.3, -0.25) is 0 Å². The first-order chi connectivity index (χ1) is 23.3. The molecule has 3 aromatic heterocycles. The summed E-state index contributed by atoms with van der Waals surface area (Å²) in [6.07, 6.45) is 0. The predicted molar refractivity (Wildman–Crippen MR) is 198 cm³/mol. The highest BCUT2D eigenvalue weighted by molar-refractivity contribution is 7.27. The number of rotatable bonds is 3. The quantitative estimate of drug-likeness (QED) is 0.181. The molecule has 0 unspecified atom stereocenters. The number of thiophene rings is 1. The van der Waals surface area contributed by atoms with Gasteiger partial charge in [-0.1, -0.05) is 109 Å². The van der Waals surface area contributed by atoms with Crippen LogP contribution in [-0.4, -0.2) is 4.57 Å². The third-order valence-electron chi connectivity index (χ3n) is 9.44. The average molecular weight is 617 g/mol. The molecule has 0 amide bonds. The Morgan fingerprint density at radius 1 is 0.511 bits per heavy atom. The van der Waals surface area contributed by atoms with Crippen molar-refractivity contribution in [3.05, 3.63) is 157 Å². The molecule has 0 aliphatic rings. The first-order valence-corrected chi connectivity index (χ1v) is 16.5. The largest absolute Gasteiger partial charge is 0.456 e. The van der Waals surface area contributed by atoms with Crippen LogP contribution in [0.2, 0.25) is 0 Å². The smallest absolute Gasteiger partial charge is 0.204 e. The number of fused-ring (bicyclic) bond motifs is 9. The first-order valence-electron chi connectivity index (χ1n) is 15.6. The molecule has 0 spiro atoms. The number of hydrogen-bond donors (Lipinski definition) is 0. The van der Waals surface area contributed by atoms with E-state index in [2.05, 4.69) is 131 Å². The van der Waals surface area contributed by atoms with Gasteiger partial charge in [0.1, 0.15) is 11.2 Å². The van der Waals surface area contributed by atoms with E-state index in [-0.39, 0.29) is 0 Å². The van der Waals surface area contributed by atoms with Crippen LogP contribution >= 0.6 is 11.3 Å². The Balaban J connectivity index is 1.29. The van der Waals surface area contributed by atoms with Gasteiger partial charge in [0.15, 0.2) is 0 Å². The predicted octanol–water partition coefficient (Wildman–Crippen LogP) is 12.9. The zero-order valence-corrected chi connectivity index (χ0v) is 25.9. The fraction of sp³-hybridized carbons (Fsp3) is 0. The third kappa shape index (κ3) is 3.72. The Hall–Kier alpha value is -6.15. The molecule has 7 aromatic carbocycles. The van der Waals surface area contributed by atoms with E-state index in [0.29, 0.717) is 5.69 Å². The van der Waals surface area contributed by atoms with Crippen LogP contribution in [0.4, 0.5) is 5.69 Å². The van der Waals surface area contributed by atoms with Crippen molar-refractivity contribution in [1.82, 2.24) is 4.57 Å². The van der Waals surface area contributed by atoms with Gasteiger partial charge in [0, 0.05) is 31.6 Å². The fourth-order valence-corrected chi connectivity index (χ4v) is 8.69. The maximum absolute atomic E-state index is 8.10. The minimum atomic E-state index is 0.676. The second kappa shape index (κ2) is 9.92. The molecular formula is C43H24N2OS. The van der Waals surface area contributed by atoms with Crippen molar-refractivity contribution in [2.75, 3.05) is 0 Å². The summed E-state index contributed by atoms with van der Waals surface area (Å²) in [7, 11) is 0. The second-order valence-electron chi connectivity index (χ2n) is 11.9. The summed E-state index contributed by atoms with van der Waals surface area (Å²) in [6.45, 7) is 8.10. The molecule has 0 saturated carbocycles. The van der Waals surface area contributed by atoms with Crippen molar-refractivity contribution in [3.63, 3.8) is 0 Å². The SMILES string of the molecule is [C-]#[N+]c1ccc(-c2cccc3oc4ccccc4c23)c2c1sc1c(-n3c4ccccc4c4cc(-c5ccccc5)ccc43)cccc12. The lowest BCUT2D eigenvalue weighted by molar-refractivity contribution is 0.669. The molecule has 10 aromatic rings. The molecule has 3 nitrogen and oxygen atoms in total. The first kappa shape index (κ1) is 26.1. The highest BCUT2D eigenvalue weighted by Crippen LogP contribution is 2.49. The van der Waals surface area contributed by atoms with Crippen molar-refractivity contribution in [3.8, 4) is 27.9 Å². The van der Waals surface area contributed by atoms with Crippen LogP contribution in [0.5, 0.6) is 0 Å². The summed E-state index contributed by atoms with van der Waals surface area (Å²) in [4.78, 5) is 4.00. The molecule has 47 heavy (non-hydrogen) atoms. The summed E-state index contributed by atoms with van der Waals surface area (Å²) < 4.78 is 10.9. The second-order valence-corrected chi connectivity index (χ2v) is 13.0. The summed E-state index contributed by atoms with van der Waals surface area (Å²) in [6, 6.07) is 51.2. The molecule has 0 bridgehead atoms. The molecule has 218 valence electrons.